The van der Waals surface area contributed by atoms with Crippen LogP contribution in [-0.4, -0.2) is 77.2 Å². The zero-order chi connectivity index (χ0) is 36.5. The number of carbonyl (C=O) groups excluding carboxylic acids is 7. The molecule has 0 radical (unpaired) electrons. The summed E-state index contributed by atoms with van der Waals surface area (Å²) in [6, 6.07) is 9.35. The van der Waals surface area contributed by atoms with Crippen LogP contribution in [0.3, 0.4) is 0 Å². The topological polar surface area (TPSA) is 258 Å². The second-order valence-electron chi connectivity index (χ2n) is 10.9. The maximum atomic E-state index is 13.1. The Morgan fingerprint density at radius 3 is 2.18 bits per heavy atom. The first-order chi connectivity index (χ1) is 23.9. The first kappa shape index (κ1) is 38.1. The molecule has 6 N–H and O–H groups in total. The van der Waals surface area contributed by atoms with Gasteiger partial charge in [0.05, 0.1) is 11.5 Å². The van der Waals surface area contributed by atoms with Gasteiger partial charge in [-0.1, -0.05) is 18.6 Å². The van der Waals surface area contributed by atoms with E-state index in [1.54, 1.807) is 24.3 Å². The van der Waals surface area contributed by atoms with E-state index in [1.807, 2.05) is 0 Å². The number of anilines is 1. The second-order valence-corrected chi connectivity index (χ2v) is 10.9. The molecule has 3 rings (SSSR count). The number of non-ortho nitro benzene ring substituents is 1. The highest BCUT2D eigenvalue weighted by molar-refractivity contribution is 6.12. The van der Waals surface area contributed by atoms with Crippen LogP contribution < -0.4 is 31.7 Å². The Bertz CT molecular complexity index is 1580. The molecule has 0 spiro atoms. The third-order valence-corrected chi connectivity index (χ3v) is 7.08. The van der Waals surface area contributed by atoms with Gasteiger partial charge in [-0.25, -0.2) is 9.59 Å². The first-order valence-electron chi connectivity index (χ1n) is 15.5. The highest BCUT2D eigenvalue weighted by atomic mass is 16.7. The lowest BCUT2D eigenvalue weighted by Crippen LogP contribution is -2.47. The molecule has 1 atom stereocenters. The molecular weight excluding hydrogens is 658 g/mol. The number of rotatable bonds is 19. The zero-order valence-corrected chi connectivity index (χ0v) is 26.9. The van der Waals surface area contributed by atoms with Crippen LogP contribution in [0.4, 0.5) is 21.0 Å². The number of nitro benzene ring substituents is 1. The van der Waals surface area contributed by atoms with Gasteiger partial charge in [0.25, 0.3) is 17.5 Å². The number of nitrogens with one attached hydrogen (secondary N) is 4. The summed E-state index contributed by atoms with van der Waals surface area (Å²) in [4.78, 5) is 95.4. The van der Waals surface area contributed by atoms with Gasteiger partial charge in [0.15, 0.2) is 0 Å². The van der Waals surface area contributed by atoms with Gasteiger partial charge in [0, 0.05) is 49.5 Å². The summed E-state index contributed by atoms with van der Waals surface area (Å²) in [5.74, 6) is -2.23. The van der Waals surface area contributed by atoms with Gasteiger partial charge in [-0.3, -0.25) is 39.0 Å². The molecule has 0 saturated carbocycles. The summed E-state index contributed by atoms with van der Waals surface area (Å²) in [5.41, 5.74) is 5.84. The quantitative estimate of drug-likeness (QED) is 0.0353. The van der Waals surface area contributed by atoms with Crippen molar-refractivity contribution in [3.8, 4) is 5.75 Å². The Morgan fingerprint density at radius 2 is 1.54 bits per heavy atom. The number of nitrogens with two attached hydrogens (primary N) is 1. The maximum absolute atomic E-state index is 13.1. The van der Waals surface area contributed by atoms with E-state index in [0.717, 1.165) is 4.90 Å². The molecule has 266 valence electrons. The Morgan fingerprint density at radius 1 is 0.860 bits per heavy atom. The maximum Gasteiger partial charge on any atom is 0.514 e. The minimum absolute atomic E-state index is 0.0610. The van der Waals surface area contributed by atoms with Gasteiger partial charge in [0.1, 0.15) is 18.4 Å². The van der Waals surface area contributed by atoms with E-state index >= 15 is 0 Å². The van der Waals surface area contributed by atoms with Crippen LogP contribution >= 0.6 is 0 Å². The molecule has 1 aliphatic rings. The van der Waals surface area contributed by atoms with Crippen LogP contribution in [-0.2, 0) is 35.3 Å². The van der Waals surface area contributed by atoms with Gasteiger partial charge < -0.3 is 36.5 Å². The minimum atomic E-state index is -1.03. The molecule has 0 fully saturated rings. The van der Waals surface area contributed by atoms with Gasteiger partial charge in [-0.15, -0.1) is 0 Å². The molecule has 0 bridgehead atoms. The highest BCUT2D eigenvalue weighted by Crippen LogP contribution is 2.18. The van der Waals surface area contributed by atoms with Gasteiger partial charge in [0.2, 0.25) is 17.7 Å². The lowest BCUT2D eigenvalue weighted by molar-refractivity contribution is -0.384. The SMILES string of the molecule is NC(=O)NCCC[C@H](NC(=O)CNC(=O)CCCCCN1C(=O)C=CC1=O)C(=O)Nc1ccc(COC(=O)Oc2ccc([N+](=O)[O-])cc2)cc1. The summed E-state index contributed by atoms with van der Waals surface area (Å²) < 4.78 is 10.0. The fourth-order valence-corrected chi connectivity index (χ4v) is 4.50. The zero-order valence-electron chi connectivity index (χ0n) is 26.9. The predicted molar refractivity (Wildman–Crippen MR) is 175 cm³/mol. The molecule has 1 heterocycles. The summed E-state index contributed by atoms with van der Waals surface area (Å²) in [5, 5.41) is 20.9. The van der Waals surface area contributed by atoms with E-state index in [0.29, 0.717) is 36.9 Å². The number of urea groups is 1. The van der Waals surface area contributed by atoms with Crippen LogP contribution in [0.2, 0.25) is 0 Å². The number of ether oxygens (including phenoxy) is 2. The monoisotopic (exact) mass is 695 g/mol. The van der Waals surface area contributed by atoms with Crippen molar-refractivity contribution >= 4 is 53.1 Å². The van der Waals surface area contributed by atoms with Crippen molar-refractivity contribution in [2.75, 3.05) is 25.0 Å². The van der Waals surface area contributed by atoms with Crippen LogP contribution in [0.1, 0.15) is 44.1 Å². The number of unbranched alkanes of at least 4 members (excludes halogenated alkanes) is 2. The summed E-state index contributed by atoms with van der Waals surface area (Å²) >= 11 is 0. The van der Waals surface area contributed by atoms with Crippen LogP contribution in [0, 0.1) is 10.1 Å². The third kappa shape index (κ3) is 13.4. The van der Waals surface area contributed by atoms with Crippen molar-refractivity contribution in [1.29, 1.82) is 0 Å². The van der Waals surface area contributed by atoms with Gasteiger partial charge in [-0.2, -0.15) is 0 Å². The second kappa shape index (κ2) is 19.5. The molecule has 50 heavy (non-hydrogen) atoms. The fourth-order valence-electron chi connectivity index (χ4n) is 4.50. The van der Waals surface area contributed by atoms with Gasteiger partial charge in [-0.05, 0) is 55.5 Å². The molecule has 18 nitrogen and oxygen atoms in total. The van der Waals surface area contributed by atoms with E-state index in [9.17, 15) is 43.7 Å². The van der Waals surface area contributed by atoms with Crippen molar-refractivity contribution in [1.82, 2.24) is 20.9 Å². The number of carbonyl (C=O) groups is 7. The molecule has 0 aliphatic carbocycles. The molecule has 7 amide bonds. The average Bonchev–Trinajstić information content (AvgIpc) is 3.40. The molecule has 0 unspecified atom stereocenters. The van der Waals surface area contributed by atoms with Gasteiger partial charge >= 0.3 is 12.2 Å². The summed E-state index contributed by atoms with van der Waals surface area (Å²) in [6.07, 6.45) is 3.54. The smallest absolute Gasteiger partial charge is 0.429 e. The number of imide groups is 1. The molecule has 18 heteroatoms. The highest BCUT2D eigenvalue weighted by Gasteiger charge is 2.23. The standard InChI is InChI=1S/C32H37N7O11/c33-31(45)34-17-4-5-25(37-27(41)19-35-26(40)6-2-1-3-18-38-28(42)15-16-29(38)43)30(44)36-22-9-7-21(8-10-22)20-49-32(46)50-24-13-11-23(12-14-24)39(47)48/h7-16,25H,1-6,17-20H2,(H,35,40)(H,36,44)(H,37,41)(H3,33,34,45)/t25-/m0/s1. The Kier molecular flexibility index (Phi) is 14.9. The van der Waals surface area contributed by atoms with Crippen molar-refractivity contribution in [3.63, 3.8) is 0 Å². The predicted octanol–water partition coefficient (Wildman–Crippen LogP) is 1.78. The van der Waals surface area contributed by atoms with Crippen LogP contribution in [0.15, 0.2) is 60.7 Å². The molecule has 2 aromatic carbocycles. The lowest BCUT2D eigenvalue weighted by atomic mass is 10.1. The average molecular weight is 696 g/mol. The fraction of sp³-hybridized carbons (Fsp3) is 0.344. The number of primary amides is 1. The molecule has 2 aromatic rings. The van der Waals surface area contributed by atoms with E-state index in [4.69, 9.17) is 15.2 Å². The normalized spacial score (nSPS) is 12.5. The number of nitro groups is 1. The van der Waals surface area contributed by atoms with Crippen molar-refractivity contribution in [2.45, 2.75) is 51.2 Å². The first-order valence-corrected chi connectivity index (χ1v) is 15.5. The number of benzene rings is 2. The number of hydrogen-bond donors (Lipinski definition) is 5. The summed E-state index contributed by atoms with van der Waals surface area (Å²) in [7, 11) is 0. The Labute approximate surface area is 285 Å². The van der Waals surface area contributed by atoms with Crippen molar-refractivity contribution < 1.29 is 48.0 Å². The van der Waals surface area contributed by atoms with E-state index in [-0.39, 0.29) is 68.2 Å². The van der Waals surface area contributed by atoms with Crippen LogP contribution in [0.5, 0.6) is 5.75 Å². The van der Waals surface area contributed by atoms with Crippen molar-refractivity contribution in [2.24, 2.45) is 5.73 Å². The molecule has 0 aromatic heterocycles. The van der Waals surface area contributed by atoms with E-state index < -0.39 is 35.0 Å². The lowest BCUT2D eigenvalue weighted by Gasteiger charge is -2.19. The third-order valence-electron chi connectivity index (χ3n) is 7.08. The number of hydrogen-bond acceptors (Lipinski definition) is 11. The minimum Gasteiger partial charge on any atom is -0.429 e. The largest absolute Gasteiger partial charge is 0.514 e. The Hall–Kier alpha value is -6.33. The van der Waals surface area contributed by atoms with Crippen molar-refractivity contribution in [3.05, 3.63) is 76.4 Å². The van der Waals surface area contributed by atoms with Crippen LogP contribution in [0.25, 0.3) is 0 Å². The molecule has 0 saturated heterocycles. The van der Waals surface area contributed by atoms with E-state index in [2.05, 4.69) is 21.3 Å². The number of amides is 7. The Balaban J connectivity index is 1.42. The summed E-state index contributed by atoms with van der Waals surface area (Å²) in [6.45, 7) is -0.138. The number of nitrogens with zero attached hydrogens (tertiary/aromatic N) is 2. The van der Waals surface area contributed by atoms with E-state index in [1.165, 1.54) is 36.4 Å². The molecular formula is C32H37N7O11. The molecule has 1 aliphatic heterocycles.